The molecule has 1 heterocycles. The largest absolute Gasteiger partial charge is 0.507 e. The van der Waals surface area contributed by atoms with Gasteiger partial charge in [0.2, 0.25) is 0 Å². The van der Waals surface area contributed by atoms with Crippen molar-refractivity contribution in [2.45, 2.75) is 0 Å². The third-order valence-corrected chi connectivity index (χ3v) is 2.67. The average Bonchev–Trinajstić information content (AvgIpc) is 2.33. The van der Waals surface area contributed by atoms with Crippen LogP contribution in [-0.4, -0.2) is 16.8 Å². The molecular formula is C13H13NO3. The van der Waals surface area contributed by atoms with Crippen LogP contribution >= 0.6 is 0 Å². The van der Waals surface area contributed by atoms with E-state index >= 15 is 0 Å². The van der Waals surface area contributed by atoms with Crippen molar-refractivity contribution >= 4 is 0 Å². The second kappa shape index (κ2) is 4.33. The van der Waals surface area contributed by atoms with Crippen molar-refractivity contribution in [3.05, 3.63) is 46.8 Å². The van der Waals surface area contributed by atoms with Gasteiger partial charge in [0, 0.05) is 24.7 Å². The van der Waals surface area contributed by atoms with Gasteiger partial charge in [0.1, 0.15) is 11.5 Å². The van der Waals surface area contributed by atoms with Crippen LogP contribution in [0.2, 0.25) is 0 Å². The van der Waals surface area contributed by atoms with Gasteiger partial charge in [-0.3, -0.25) is 4.79 Å². The van der Waals surface area contributed by atoms with Crippen LogP contribution in [0.25, 0.3) is 11.3 Å². The van der Waals surface area contributed by atoms with Crippen LogP contribution in [-0.2, 0) is 7.05 Å². The molecule has 0 saturated carbocycles. The number of aromatic nitrogens is 1. The van der Waals surface area contributed by atoms with Crippen molar-refractivity contribution in [1.82, 2.24) is 4.57 Å². The lowest BCUT2D eigenvalue weighted by Gasteiger charge is -2.10. The number of phenolic OH excluding ortho intramolecular Hbond substituents is 1. The highest BCUT2D eigenvalue weighted by Crippen LogP contribution is 2.31. The van der Waals surface area contributed by atoms with E-state index in [1.165, 1.54) is 23.8 Å². The number of hydrogen-bond donors (Lipinski definition) is 1. The number of rotatable bonds is 2. The number of pyridine rings is 1. The zero-order valence-electron chi connectivity index (χ0n) is 9.68. The second-order valence-electron chi connectivity index (χ2n) is 3.69. The lowest BCUT2D eigenvalue weighted by atomic mass is 10.1. The van der Waals surface area contributed by atoms with Crippen LogP contribution in [0.1, 0.15) is 0 Å². The Balaban J connectivity index is 2.61. The first-order chi connectivity index (χ1) is 8.13. The van der Waals surface area contributed by atoms with Gasteiger partial charge in [-0.2, -0.15) is 0 Å². The zero-order valence-corrected chi connectivity index (χ0v) is 9.68. The summed E-state index contributed by atoms with van der Waals surface area (Å²) in [5.74, 6) is 0.665. The van der Waals surface area contributed by atoms with E-state index in [9.17, 15) is 9.90 Å². The fourth-order valence-electron chi connectivity index (χ4n) is 1.69. The molecule has 88 valence electrons. The van der Waals surface area contributed by atoms with Gasteiger partial charge in [-0.25, -0.2) is 0 Å². The van der Waals surface area contributed by atoms with Crippen LogP contribution in [0.5, 0.6) is 11.5 Å². The number of nitrogens with zero attached hydrogens (tertiary/aromatic N) is 1. The SMILES string of the molecule is COc1ccc(-c2cccc(=O)n2C)c(O)c1. The molecule has 4 nitrogen and oxygen atoms in total. The molecule has 2 rings (SSSR count). The number of ether oxygens (including phenoxy) is 1. The molecule has 0 aliphatic rings. The van der Waals surface area contributed by atoms with E-state index in [-0.39, 0.29) is 11.3 Å². The van der Waals surface area contributed by atoms with E-state index in [1.807, 2.05) is 0 Å². The molecule has 0 atom stereocenters. The topological polar surface area (TPSA) is 51.5 Å². The minimum atomic E-state index is -0.113. The van der Waals surface area contributed by atoms with Crippen LogP contribution < -0.4 is 10.3 Å². The molecule has 0 spiro atoms. The quantitative estimate of drug-likeness (QED) is 0.856. The van der Waals surface area contributed by atoms with Crippen LogP contribution in [0.4, 0.5) is 0 Å². The summed E-state index contributed by atoms with van der Waals surface area (Å²) in [6.07, 6.45) is 0. The van der Waals surface area contributed by atoms with Gasteiger partial charge in [0.15, 0.2) is 0 Å². The molecule has 4 heteroatoms. The third kappa shape index (κ3) is 2.01. The summed E-state index contributed by atoms with van der Waals surface area (Å²) < 4.78 is 6.50. The predicted molar refractivity (Wildman–Crippen MR) is 65.3 cm³/mol. The Morgan fingerprint density at radius 1 is 1.24 bits per heavy atom. The molecule has 17 heavy (non-hydrogen) atoms. The molecule has 2 aromatic rings. The lowest BCUT2D eigenvalue weighted by molar-refractivity contribution is 0.408. The first kappa shape index (κ1) is 11.3. The summed E-state index contributed by atoms with van der Waals surface area (Å²) in [6.45, 7) is 0. The Bertz CT molecular complexity index is 602. The van der Waals surface area contributed by atoms with Crippen molar-refractivity contribution in [3.63, 3.8) is 0 Å². The smallest absolute Gasteiger partial charge is 0.250 e. The normalized spacial score (nSPS) is 10.2. The first-order valence-electron chi connectivity index (χ1n) is 5.17. The first-order valence-corrected chi connectivity index (χ1v) is 5.17. The highest BCUT2D eigenvalue weighted by Gasteiger charge is 2.08. The van der Waals surface area contributed by atoms with Crippen molar-refractivity contribution in [1.29, 1.82) is 0 Å². The lowest BCUT2D eigenvalue weighted by Crippen LogP contribution is -2.16. The molecule has 0 aliphatic carbocycles. The maximum Gasteiger partial charge on any atom is 0.250 e. The van der Waals surface area contributed by atoms with Crippen molar-refractivity contribution in [2.75, 3.05) is 7.11 Å². The Kier molecular flexibility index (Phi) is 2.87. The number of benzene rings is 1. The van der Waals surface area contributed by atoms with E-state index < -0.39 is 0 Å². The van der Waals surface area contributed by atoms with Crippen LogP contribution in [0.15, 0.2) is 41.2 Å². The Morgan fingerprint density at radius 3 is 2.65 bits per heavy atom. The fourth-order valence-corrected chi connectivity index (χ4v) is 1.69. The summed E-state index contributed by atoms with van der Waals surface area (Å²) in [5.41, 5.74) is 1.15. The summed E-state index contributed by atoms with van der Waals surface area (Å²) in [5, 5.41) is 9.90. The summed E-state index contributed by atoms with van der Waals surface area (Å²) in [4.78, 5) is 11.5. The standard InChI is InChI=1S/C13H13NO3/c1-14-11(4-3-5-13(14)16)10-7-6-9(17-2)8-12(10)15/h3-8,15H,1-2H3. The molecule has 1 aromatic heterocycles. The fraction of sp³-hybridized carbons (Fsp3) is 0.154. The number of aromatic hydroxyl groups is 1. The van der Waals surface area contributed by atoms with E-state index in [1.54, 1.807) is 31.3 Å². The Hall–Kier alpha value is -2.23. The Labute approximate surface area is 98.7 Å². The molecule has 0 unspecified atom stereocenters. The third-order valence-electron chi connectivity index (χ3n) is 2.67. The molecule has 0 bridgehead atoms. The molecular weight excluding hydrogens is 218 g/mol. The molecule has 1 N–H and O–H groups in total. The Morgan fingerprint density at radius 2 is 2.00 bits per heavy atom. The van der Waals surface area contributed by atoms with Crippen LogP contribution in [0.3, 0.4) is 0 Å². The minimum Gasteiger partial charge on any atom is -0.507 e. The van der Waals surface area contributed by atoms with Gasteiger partial charge in [-0.05, 0) is 18.2 Å². The highest BCUT2D eigenvalue weighted by atomic mass is 16.5. The van der Waals surface area contributed by atoms with E-state index in [4.69, 9.17) is 4.74 Å². The molecule has 0 amide bonds. The highest BCUT2D eigenvalue weighted by molar-refractivity contribution is 5.68. The predicted octanol–water partition coefficient (Wildman–Crippen LogP) is 1.77. The molecule has 1 aromatic carbocycles. The molecule has 0 radical (unpaired) electrons. The van der Waals surface area contributed by atoms with Crippen molar-refractivity contribution < 1.29 is 9.84 Å². The number of hydrogen-bond acceptors (Lipinski definition) is 3. The summed E-state index contributed by atoms with van der Waals surface area (Å²) in [6, 6.07) is 9.91. The average molecular weight is 231 g/mol. The summed E-state index contributed by atoms with van der Waals surface area (Å²) >= 11 is 0. The molecule has 0 fully saturated rings. The molecule has 0 saturated heterocycles. The maximum atomic E-state index is 11.5. The summed E-state index contributed by atoms with van der Waals surface area (Å²) in [7, 11) is 3.20. The van der Waals surface area contributed by atoms with E-state index in [2.05, 4.69) is 0 Å². The monoisotopic (exact) mass is 231 g/mol. The van der Waals surface area contributed by atoms with Gasteiger partial charge in [-0.15, -0.1) is 0 Å². The van der Waals surface area contributed by atoms with Gasteiger partial charge in [0.25, 0.3) is 5.56 Å². The van der Waals surface area contributed by atoms with Crippen molar-refractivity contribution in [2.24, 2.45) is 7.05 Å². The van der Waals surface area contributed by atoms with E-state index in [0.717, 1.165) is 0 Å². The van der Waals surface area contributed by atoms with Crippen molar-refractivity contribution in [3.8, 4) is 22.8 Å². The van der Waals surface area contributed by atoms with Gasteiger partial charge < -0.3 is 14.4 Å². The second-order valence-corrected chi connectivity index (χ2v) is 3.69. The van der Waals surface area contributed by atoms with Gasteiger partial charge in [-0.1, -0.05) is 6.07 Å². The number of methoxy groups -OCH3 is 1. The van der Waals surface area contributed by atoms with Gasteiger partial charge >= 0.3 is 0 Å². The zero-order chi connectivity index (χ0) is 12.4. The molecule has 0 aliphatic heterocycles. The minimum absolute atomic E-state index is 0.0885. The maximum absolute atomic E-state index is 11.5. The van der Waals surface area contributed by atoms with Crippen LogP contribution in [0, 0.1) is 0 Å². The van der Waals surface area contributed by atoms with Gasteiger partial charge in [0.05, 0.1) is 12.8 Å². The number of phenols is 1. The van der Waals surface area contributed by atoms with E-state index in [0.29, 0.717) is 17.0 Å².